The molecule has 1 rings (SSSR count). The molecule has 1 aromatic rings. The zero-order valence-corrected chi connectivity index (χ0v) is 11.2. The molecule has 0 fully saturated rings. The normalized spacial score (nSPS) is 10.9. The van der Waals surface area contributed by atoms with Crippen LogP contribution in [0.1, 0.15) is 26.3 Å². The third-order valence-corrected chi connectivity index (χ3v) is 2.89. The summed E-state index contributed by atoms with van der Waals surface area (Å²) in [6.45, 7) is 8.18. The average molecular weight is 242 g/mol. The molecule has 1 aromatic heterocycles. The quantitative estimate of drug-likeness (QED) is 0.859. The van der Waals surface area contributed by atoms with Crippen LogP contribution < -0.4 is 10.2 Å². The van der Waals surface area contributed by atoms with Crippen LogP contribution in [0.25, 0.3) is 0 Å². The van der Waals surface area contributed by atoms with Crippen LogP contribution in [-0.2, 0) is 6.54 Å². The Morgan fingerprint density at radius 1 is 1.50 bits per heavy atom. The monoisotopic (exact) mass is 241 g/mol. The zero-order valence-electron chi connectivity index (χ0n) is 10.4. The molecule has 3 nitrogen and oxygen atoms in total. The molecule has 0 aliphatic heterocycles. The fourth-order valence-corrected chi connectivity index (χ4v) is 1.91. The second kappa shape index (κ2) is 6.06. The van der Waals surface area contributed by atoms with Crippen molar-refractivity contribution in [3.63, 3.8) is 0 Å². The number of aromatic nitrogens is 1. The van der Waals surface area contributed by atoms with Crippen LogP contribution in [0, 0.1) is 0 Å². The minimum absolute atomic E-state index is 0.445. The van der Waals surface area contributed by atoms with Gasteiger partial charge in [0.15, 0.2) is 0 Å². The lowest BCUT2D eigenvalue weighted by Gasteiger charge is -2.26. The highest BCUT2D eigenvalue weighted by atomic mass is 35.5. The zero-order chi connectivity index (χ0) is 12.1. The first-order chi connectivity index (χ1) is 7.60. The number of hydrogen-bond donors (Lipinski definition) is 1. The van der Waals surface area contributed by atoms with Crippen molar-refractivity contribution < 1.29 is 0 Å². The summed E-state index contributed by atoms with van der Waals surface area (Å²) >= 11 is 6.08. The molecule has 16 heavy (non-hydrogen) atoms. The Morgan fingerprint density at radius 3 is 2.69 bits per heavy atom. The molecule has 0 saturated carbocycles. The first-order valence-corrected chi connectivity index (χ1v) is 6.03. The molecule has 1 N–H and O–H groups in total. The minimum atomic E-state index is 0.445. The second-order valence-electron chi connectivity index (χ2n) is 4.04. The summed E-state index contributed by atoms with van der Waals surface area (Å²) in [5, 5.41) is 3.83. The van der Waals surface area contributed by atoms with Gasteiger partial charge in [0.1, 0.15) is 5.82 Å². The molecule has 0 saturated heterocycles. The van der Waals surface area contributed by atoms with Gasteiger partial charge in [0.05, 0.1) is 5.02 Å². The topological polar surface area (TPSA) is 28.2 Å². The number of hydrogen-bond acceptors (Lipinski definition) is 3. The maximum Gasteiger partial charge on any atom is 0.129 e. The molecule has 0 aliphatic carbocycles. The SMILES string of the molecule is CCN(c1cc(CNC)c(Cl)cn1)C(C)C. The van der Waals surface area contributed by atoms with Gasteiger partial charge in [-0.2, -0.15) is 0 Å². The second-order valence-corrected chi connectivity index (χ2v) is 4.45. The van der Waals surface area contributed by atoms with Crippen molar-refractivity contribution in [1.29, 1.82) is 0 Å². The highest BCUT2D eigenvalue weighted by Gasteiger charge is 2.11. The van der Waals surface area contributed by atoms with E-state index < -0.39 is 0 Å². The fourth-order valence-electron chi connectivity index (χ4n) is 1.74. The Bertz CT molecular complexity index is 339. The van der Waals surface area contributed by atoms with Crippen LogP contribution >= 0.6 is 11.6 Å². The summed E-state index contributed by atoms with van der Waals surface area (Å²) in [4.78, 5) is 6.63. The third-order valence-electron chi connectivity index (χ3n) is 2.55. The van der Waals surface area contributed by atoms with Crippen molar-refractivity contribution >= 4 is 17.4 Å². The Labute approximate surface area is 103 Å². The first kappa shape index (κ1) is 13.3. The molecule has 0 spiro atoms. The lowest BCUT2D eigenvalue weighted by atomic mass is 10.2. The molecule has 4 heteroatoms. The predicted molar refractivity (Wildman–Crippen MR) is 70.2 cm³/mol. The Morgan fingerprint density at radius 2 is 2.19 bits per heavy atom. The number of rotatable bonds is 5. The van der Waals surface area contributed by atoms with Crippen LogP contribution in [0.5, 0.6) is 0 Å². The van der Waals surface area contributed by atoms with Crippen LogP contribution in [-0.4, -0.2) is 24.6 Å². The lowest BCUT2D eigenvalue weighted by Crippen LogP contribution is -2.31. The van der Waals surface area contributed by atoms with E-state index in [-0.39, 0.29) is 0 Å². The predicted octanol–water partition coefficient (Wildman–Crippen LogP) is 2.69. The molecule has 1 heterocycles. The van der Waals surface area contributed by atoms with Gasteiger partial charge in [-0.3, -0.25) is 0 Å². The Kier molecular flexibility index (Phi) is 5.03. The minimum Gasteiger partial charge on any atom is -0.354 e. The molecule has 0 unspecified atom stereocenters. The summed E-state index contributed by atoms with van der Waals surface area (Å²) in [6.07, 6.45) is 1.73. The van der Waals surface area contributed by atoms with Gasteiger partial charge in [0.2, 0.25) is 0 Å². The summed E-state index contributed by atoms with van der Waals surface area (Å²) in [6, 6.07) is 2.50. The molecule has 0 radical (unpaired) electrons. The van der Waals surface area contributed by atoms with Gasteiger partial charge in [-0.05, 0) is 39.4 Å². The van der Waals surface area contributed by atoms with Gasteiger partial charge in [-0.15, -0.1) is 0 Å². The van der Waals surface area contributed by atoms with Crippen LogP contribution in [0.15, 0.2) is 12.3 Å². The lowest BCUT2D eigenvalue weighted by molar-refractivity contribution is 0.691. The average Bonchev–Trinajstić information content (AvgIpc) is 2.23. The molecule has 90 valence electrons. The standard InChI is InChI=1S/C12H20ClN3/c1-5-16(9(2)3)12-6-10(7-14-4)11(13)8-15-12/h6,8-9,14H,5,7H2,1-4H3. The van der Waals surface area contributed by atoms with Gasteiger partial charge < -0.3 is 10.2 Å². The van der Waals surface area contributed by atoms with Crippen molar-refractivity contribution in [3.05, 3.63) is 22.8 Å². The first-order valence-electron chi connectivity index (χ1n) is 5.65. The van der Waals surface area contributed by atoms with Gasteiger partial charge in [-0.25, -0.2) is 4.98 Å². The smallest absolute Gasteiger partial charge is 0.129 e. The van der Waals surface area contributed by atoms with Gasteiger partial charge in [0, 0.05) is 25.3 Å². The van der Waals surface area contributed by atoms with Crippen molar-refractivity contribution in [2.24, 2.45) is 0 Å². The van der Waals surface area contributed by atoms with E-state index in [0.717, 1.165) is 29.5 Å². The van der Waals surface area contributed by atoms with E-state index in [1.165, 1.54) is 0 Å². The Balaban J connectivity index is 3.00. The fraction of sp³-hybridized carbons (Fsp3) is 0.583. The molecule has 0 amide bonds. The summed E-state index contributed by atoms with van der Waals surface area (Å²) in [5.74, 6) is 0.993. The highest BCUT2D eigenvalue weighted by molar-refractivity contribution is 6.31. The summed E-state index contributed by atoms with van der Waals surface area (Å²) in [7, 11) is 1.91. The van der Waals surface area contributed by atoms with Crippen LogP contribution in [0.4, 0.5) is 5.82 Å². The van der Waals surface area contributed by atoms with Gasteiger partial charge >= 0.3 is 0 Å². The maximum absolute atomic E-state index is 6.08. The molecule has 0 atom stereocenters. The van der Waals surface area contributed by atoms with Crippen molar-refractivity contribution in [1.82, 2.24) is 10.3 Å². The van der Waals surface area contributed by atoms with Crippen LogP contribution in [0.2, 0.25) is 5.02 Å². The van der Waals surface area contributed by atoms with E-state index in [0.29, 0.717) is 6.04 Å². The molecule has 0 aliphatic rings. The molecule has 0 aromatic carbocycles. The number of pyridine rings is 1. The molecular weight excluding hydrogens is 222 g/mol. The number of nitrogens with zero attached hydrogens (tertiary/aromatic N) is 2. The summed E-state index contributed by atoms with van der Waals surface area (Å²) in [5.41, 5.74) is 1.09. The number of halogens is 1. The van der Waals surface area contributed by atoms with Crippen molar-refractivity contribution in [3.8, 4) is 0 Å². The van der Waals surface area contributed by atoms with E-state index in [4.69, 9.17) is 11.6 Å². The van der Waals surface area contributed by atoms with E-state index in [1.54, 1.807) is 6.20 Å². The largest absolute Gasteiger partial charge is 0.354 e. The van der Waals surface area contributed by atoms with E-state index >= 15 is 0 Å². The van der Waals surface area contributed by atoms with E-state index in [9.17, 15) is 0 Å². The molecular formula is C12H20ClN3. The summed E-state index contributed by atoms with van der Waals surface area (Å²) < 4.78 is 0. The third kappa shape index (κ3) is 3.09. The maximum atomic E-state index is 6.08. The molecule has 0 bridgehead atoms. The van der Waals surface area contributed by atoms with Crippen LogP contribution in [0.3, 0.4) is 0 Å². The number of nitrogens with one attached hydrogen (secondary N) is 1. The van der Waals surface area contributed by atoms with Gasteiger partial charge in [-0.1, -0.05) is 11.6 Å². The van der Waals surface area contributed by atoms with Crippen molar-refractivity contribution in [2.45, 2.75) is 33.4 Å². The highest BCUT2D eigenvalue weighted by Crippen LogP contribution is 2.21. The number of anilines is 1. The van der Waals surface area contributed by atoms with Crippen molar-refractivity contribution in [2.75, 3.05) is 18.5 Å². The van der Waals surface area contributed by atoms with E-state index in [2.05, 4.69) is 42.0 Å². The van der Waals surface area contributed by atoms with Gasteiger partial charge in [0.25, 0.3) is 0 Å². The Hall–Kier alpha value is -0.800. The van der Waals surface area contributed by atoms with E-state index in [1.807, 2.05) is 7.05 Å².